The SMILES string of the molecule is CCN(CC)Cc1ccccc1CNC(=O)[C@@H]1CCCNC1. The third-order valence-electron chi connectivity index (χ3n) is 4.53. The molecule has 0 aliphatic carbocycles. The normalized spacial score (nSPS) is 18.4. The fourth-order valence-electron chi connectivity index (χ4n) is 2.97. The third-order valence-corrected chi connectivity index (χ3v) is 4.53. The summed E-state index contributed by atoms with van der Waals surface area (Å²) in [6.07, 6.45) is 2.09. The van der Waals surface area contributed by atoms with Crippen molar-refractivity contribution in [3.05, 3.63) is 35.4 Å². The molecule has 0 aromatic heterocycles. The van der Waals surface area contributed by atoms with E-state index in [0.29, 0.717) is 6.54 Å². The van der Waals surface area contributed by atoms with Crippen LogP contribution in [0.2, 0.25) is 0 Å². The molecule has 1 aromatic carbocycles. The lowest BCUT2D eigenvalue weighted by atomic mass is 9.98. The van der Waals surface area contributed by atoms with Crippen LogP contribution < -0.4 is 10.6 Å². The van der Waals surface area contributed by atoms with Crippen LogP contribution in [0.4, 0.5) is 0 Å². The molecule has 0 unspecified atom stereocenters. The van der Waals surface area contributed by atoms with Gasteiger partial charge in [0.05, 0.1) is 5.92 Å². The van der Waals surface area contributed by atoms with Gasteiger partial charge in [-0.15, -0.1) is 0 Å². The Kier molecular flexibility index (Phi) is 6.87. The summed E-state index contributed by atoms with van der Waals surface area (Å²) in [6.45, 7) is 9.89. The summed E-state index contributed by atoms with van der Waals surface area (Å²) in [6, 6.07) is 8.42. The monoisotopic (exact) mass is 303 g/mol. The molecular formula is C18H29N3O. The van der Waals surface area contributed by atoms with Crippen molar-refractivity contribution >= 4 is 5.91 Å². The van der Waals surface area contributed by atoms with Gasteiger partial charge in [0.1, 0.15) is 0 Å². The van der Waals surface area contributed by atoms with E-state index in [-0.39, 0.29) is 11.8 Å². The van der Waals surface area contributed by atoms with Crippen LogP contribution in [0, 0.1) is 5.92 Å². The molecule has 1 fully saturated rings. The Balaban J connectivity index is 1.93. The van der Waals surface area contributed by atoms with E-state index >= 15 is 0 Å². The number of carbonyl (C=O) groups excluding carboxylic acids is 1. The Bertz CT molecular complexity index is 465. The zero-order valence-corrected chi connectivity index (χ0v) is 13.9. The Morgan fingerprint density at radius 2 is 2.00 bits per heavy atom. The number of carbonyl (C=O) groups is 1. The third kappa shape index (κ3) is 4.82. The molecule has 1 atom stereocenters. The van der Waals surface area contributed by atoms with Crippen molar-refractivity contribution < 1.29 is 4.79 Å². The average Bonchev–Trinajstić information content (AvgIpc) is 2.59. The van der Waals surface area contributed by atoms with Crippen LogP contribution in [0.15, 0.2) is 24.3 Å². The highest BCUT2D eigenvalue weighted by Crippen LogP contribution is 2.13. The van der Waals surface area contributed by atoms with Crippen molar-refractivity contribution in [1.82, 2.24) is 15.5 Å². The second kappa shape index (κ2) is 8.91. The molecule has 1 aromatic rings. The molecule has 0 spiro atoms. The molecule has 1 aliphatic heterocycles. The molecule has 0 radical (unpaired) electrons. The number of hydrogen-bond donors (Lipinski definition) is 2. The maximum absolute atomic E-state index is 12.3. The first-order chi connectivity index (χ1) is 10.7. The van der Waals surface area contributed by atoms with Crippen LogP contribution in [0.25, 0.3) is 0 Å². The first-order valence-electron chi connectivity index (χ1n) is 8.52. The summed E-state index contributed by atoms with van der Waals surface area (Å²) in [5.74, 6) is 0.313. The van der Waals surface area contributed by atoms with Crippen LogP contribution in [-0.2, 0) is 17.9 Å². The van der Waals surface area contributed by atoms with E-state index in [1.165, 1.54) is 11.1 Å². The van der Waals surface area contributed by atoms with E-state index in [0.717, 1.165) is 45.6 Å². The highest BCUT2D eigenvalue weighted by molar-refractivity contribution is 5.79. The fraction of sp³-hybridized carbons (Fsp3) is 0.611. The zero-order chi connectivity index (χ0) is 15.8. The average molecular weight is 303 g/mol. The first kappa shape index (κ1) is 17.0. The van der Waals surface area contributed by atoms with Crippen LogP contribution in [0.5, 0.6) is 0 Å². The lowest BCUT2D eigenvalue weighted by Gasteiger charge is -2.23. The summed E-state index contributed by atoms with van der Waals surface area (Å²) in [5.41, 5.74) is 2.54. The maximum Gasteiger partial charge on any atom is 0.224 e. The molecule has 22 heavy (non-hydrogen) atoms. The van der Waals surface area contributed by atoms with Crippen LogP contribution in [0.1, 0.15) is 37.8 Å². The van der Waals surface area contributed by atoms with Gasteiger partial charge in [-0.2, -0.15) is 0 Å². The Morgan fingerprint density at radius 1 is 1.27 bits per heavy atom. The predicted molar refractivity (Wildman–Crippen MR) is 90.5 cm³/mol. The van der Waals surface area contributed by atoms with Crippen molar-refractivity contribution in [3.63, 3.8) is 0 Å². The zero-order valence-electron chi connectivity index (χ0n) is 13.9. The van der Waals surface area contributed by atoms with Gasteiger partial charge in [0.15, 0.2) is 0 Å². The fourth-order valence-corrected chi connectivity index (χ4v) is 2.97. The van der Waals surface area contributed by atoms with Crippen molar-refractivity contribution in [2.24, 2.45) is 5.92 Å². The first-order valence-corrected chi connectivity index (χ1v) is 8.52. The van der Waals surface area contributed by atoms with Crippen LogP contribution in [-0.4, -0.2) is 37.0 Å². The molecule has 1 aliphatic rings. The number of nitrogens with zero attached hydrogens (tertiary/aromatic N) is 1. The Hall–Kier alpha value is -1.39. The molecule has 0 bridgehead atoms. The van der Waals surface area contributed by atoms with Crippen molar-refractivity contribution in [2.75, 3.05) is 26.2 Å². The topological polar surface area (TPSA) is 44.4 Å². The Labute approximate surface area is 134 Å². The van der Waals surface area contributed by atoms with E-state index in [1.54, 1.807) is 0 Å². The second-order valence-corrected chi connectivity index (χ2v) is 5.99. The van der Waals surface area contributed by atoms with Gasteiger partial charge in [0, 0.05) is 19.6 Å². The number of amides is 1. The van der Waals surface area contributed by atoms with E-state index in [2.05, 4.69) is 53.6 Å². The molecule has 122 valence electrons. The lowest BCUT2D eigenvalue weighted by Crippen LogP contribution is -2.40. The van der Waals surface area contributed by atoms with Crippen LogP contribution >= 0.6 is 0 Å². The minimum absolute atomic E-state index is 0.128. The number of rotatable bonds is 7. The van der Waals surface area contributed by atoms with Gasteiger partial charge < -0.3 is 10.6 Å². The smallest absolute Gasteiger partial charge is 0.224 e. The van der Waals surface area contributed by atoms with Gasteiger partial charge in [-0.1, -0.05) is 38.1 Å². The Morgan fingerprint density at radius 3 is 2.64 bits per heavy atom. The van der Waals surface area contributed by atoms with Crippen LogP contribution in [0.3, 0.4) is 0 Å². The summed E-state index contributed by atoms with van der Waals surface area (Å²) in [4.78, 5) is 14.7. The molecular weight excluding hydrogens is 274 g/mol. The van der Waals surface area contributed by atoms with Crippen molar-refractivity contribution in [3.8, 4) is 0 Å². The molecule has 1 amide bonds. The quantitative estimate of drug-likeness (QED) is 0.811. The van der Waals surface area contributed by atoms with Gasteiger partial charge >= 0.3 is 0 Å². The van der Waals surface area contributed by atoms with Crippen molar-refractivity contribution in [2.45, 2.75) is 39.8 Å². The van der Waals surface area contributed by atoms with Gasteiger partial charge in [0.2, 0.25) is 5.91 Å². The minimum Gasteiger partial charge on any atom is -0.352 e. The number of hydrogen-bond acceptors (Lipinski definition) is 3. The summed E-state index contributed by atoms with van der Waals surface area (Å²) in [5, 5.41) is 6.42. The number of benzene rings is 1. The summed E-state index contributed by atoms with van der Waals surface area (Å²) < 4.78 is 0. The molecule has 4 nitrogen and oxygen atoms in total. The highest BCUT2D eigenvalue weighted by atomic mass is 16.1. The second-order valence-electron chi connectivity index (χ2n) is 5.99. The van der Waals surface area contributed by atoms with Gasteiger partial charge in [-0.3, -0.25) is 9.69 Å². The molecule has 4 heteroatoms. The lowest BCUT2D eigenvalue weighted by molar-refractivity contribution is -0.125. The molecule has 2 N–H and O–H groups in total. The van der Waals surface area contributed by atoms with Gasteiger partial charge in [-0.05, 0) is 43.6 Å². The minimum atomic E-state index is 0.128. The number of piperidine rings is 1. The largest absolute Gasteiger partial charge is 0.352 e. The standard InChI is InChI=1S/C18H29N3O/c1-3-21(4-2)14-17-9-6-5-8-15(17)13-20-18(22)16-10-7-11-19-12-16/h5-6,8-9,16,19H,3-4,7,10-14H2,1-2H3,(H,20,22)/t16-/m1/s1. The highest BCUT2D eigenvalue weighted by Gasteiger charge is 2.20. The van der Waals surface area contributed by atoms with E-state index in [9.17, 15) is 4.79 Å². The molecule has 2 rings (SSSR count). The molecule has 0 saturated carbocycles. The van der Waals surface area contributed by atoms with E-state index in [4.69, 9.17) is 0 Å². The van der Waals surface area contributed by atoms with Gasteiger partial charge in [0.25, 0.3) is 0 Å². The number of nitrogens with one attached hydrogen (secondary N) is 2. The predicted octanol–water partition coefficient (Wildman–Crippen LogP) is 2.14. The summed E-state index contributed by atoms with van der Waals surface area (Å²) >= 11 is 0. The van der Waals surface area contributed by atoms with Crippen molar-refractivity contribution in [1.29, 1.82) is 0 Å². The molecule has 1 saturated heterocycles. The van der Waals surface area contributed by atoms with E-state index < -0.39 is 0 Å². The van der Waals surface area contributed by atoms with E-state index in [1.807, 2.05) is 0 Å². The van der Waals surface area contributed by atoms with Gasteiger partial charge in [-0.25, -0.2) is 0 Å². The molecule has 1 heterocycles. The summed E-state index contributed by atoms with van der Waals surface area (Å²) in [7, 11) is 0. The maximum atomic E-state index is 12.3.